The van der Waals surface area contributed by atoms with Crippen molar-refractivity contribution in [1.82, 2.24) is 0 Å². The molecule has 0 spiro atoms. The zero-order valence-electron chi connectivity index (χ0n) is 10.3. The van der Waals surface area contributed by atoms with Gasteiger partial charge < -0.3 is 5.32 Å². The molecule has 21 heavy (non-hydrogen) atoms. The van der Waals surface area contributed by atoms with E-state index in [1.54, 1.807) is 18.2 Å². The quantitative estimate of drug-likeness (QED) is 0.760. The zero-order chi connectivity index (χ0) is 15.6. The van der Waals surface area contributed by atoms with Gasteiger partial charge in [0.05, 0.1) is 10.2 Å². The Hall–Kier alpha value is -1.89. The van der Waals surface area contributed by atoms with Crippen LogP contribution in [0.3, 0.4) is 0 Å². The molecular weight excluding hydrogens is 354 g/mol. The standard InChI is InChI=1S/C14H8BrF4NO/c15-12-10(7-6-9(16)11(12)14(17,18)19)20-13(21)8-4-2-1-3-5-8/h1-7H,(H,20,21). The lowest BCUT2D eigenvalue weighted by Gasteiger charge is -2.14. The highest BCUT2D eigenvalue weighted by Crippen LogP contribution is 2.40. The van der Waals surface area contributed by atoms with Gasteiger partial charge in [0.25, 0.3) is 5.91 Å². The first-order valence-corrected chi connectivity index (χ1v) is 6.51. The Morgan fingerprint density at radius 1 is 1.05 bits per heavy atom. The van der Waals surface area contributed by atoms with Gasteiger partial charge in [0, 0.05) is 5.56 Å². The van der Waals surface area contributed by atoms with Gasteiger partial charge in [-0.05, 0) is 40.2 Å². The van der Waals surface area contributed by atoms with Crippen LogP contribution in [-0.4, -0.2) is 5.91 Å². The Morgan fingerprint density at radius 3 is 2.24 bits per heavy atom. The highest BCUT2D eigenvalue weighted by molar-refractivity contribution is 9.10. The van der Waals surface area contributed by atoms with Crippen molar-refractivity contribution in [3.8, 4) is 0 Å². The fourth-order valence-corrected chi connectivity index (χ4v) is 2.34. The number of hydrogen-bond acceptors (Lipinski definition) is 1. The molecular formula is C14H8BrF4NO. The van der Waals surface area contributed by atoms with Crippen molar-refractivity contribution in [3.05, 3.63) is 63.9 Å². The lowest BCUT2D eigenvalue weighted by atomic mass is 10.1. The van der Waals surface area contributed by atoms with E-state index in [1.165, 1.54) is 12.1 Å². The van der Waals surface area contributed by atoms with Crippen molar-refractivity contribution in [2.24, 2.45) is 0 Å². The number of carbonyl (C=O) groups is 1. The molecule has 0 heterocycles. The van der Waals surface area contributed by atoms with Crippen molar-refractivity contribution in [1.29, 1.82) is 0 Å². The summed E-state index contributed by atoms with van der Waals surface area (Å²) >= 11 is 2.69. The smallest absolute Gasteiger partial charge is 0.321 e. The molecule has 2 aromatic rings. The Morgan fingerprint density at radius 2 is 1.67 bits per heavy atom. The maximum atomic E-state index is 13.3. The average Bonchev–Trinajstić information content (AvgIpc) is 2.41. The lowest BCUT2D eigenvalue weighted by molar-refractivity contribution is -0.140. The number of alkyl halides is 3. The fraction of sp³-hybridized carbons (Fsp3) is 0.0714. The molecule has 1 amide bonds. The van der Waals surface area contributed by atoms with Gasteiger partial charge in [-0.15, -0.1) is 0 Å². The normalized spacial score (nSPS) is 11.3. The second-order valence-corrected chi connectivity index (χ2v) is 4.89. The predicted molar refractivity (Wildman–Crippen MR) is 73.5 cm³/mol. The largest absolute Gasteiger partial charge is 0.420 e. The van der Waals surface area contributed by atoms with Crippen LogP contribution in [0.25, 0.3) is 0 Å². The molecule has 0 aliphatic rings. The van der Waals surface area contributed by atoms with Crippen LogP contribution in [-0.2, 0) is 6.18 Å². The molecule has 0 fully saturated rings. The van der Waals surface area contributed by atoms with E-state index in [2.05, 4.69) is 21.2 Å². The number of carbonyl (C=O) groups excluding carboxylic acids is 1. The lowest BCUT2D eigenvalue weighted by Crippen LogP contribution is -2.15. The van der Waals surface area contributed by atoms with Gasteiger partial charge >= 0.3 is 6.18 Å². The summed E-state index contributed by atoms with van der Waals surface area (Å²) < 4.78 is 51.1. The zero-order valence-corrected chi connectivity index (χ0v) is 11.9. The van der Waals surface area contributed by atoms with E-state index in [4.69, 9.17) is 0 Å². The number of rotatable bonds is 2. The van der Waals surface area contributed by atoms with E-state index in [0.717, 1.165) is 6.07 Å². The Balaban J connectivity index is 2.36. The van der Waals surface area contributed by atoms with E-state index in [9.17, 15) is 22.4 Å². The van der Waals surface area contributed by atoms with E-state index in [1.807, 2.05) is 0 Å². The van der Waals surface area contributed by atoms with Crippen molar-refractivity contribution in [2.75, 3.05) is 5.32 Å². The number of hydrogen-bond donors (Lipinski definition) is 1. The molecule has 7 heteroatoms. The molecule has 0 unspecified atom stereocenters. The van der Waals surface area contributed by atoms with Crippen LogP contribution < -0.4 is 5.32 Å². The van der Waals surface area contributed by atoms with Gasteiger partial charge in [0.1, 0.15) is 11.4 Å². The Kier molecular flexibility index (Phi) is 4.32. The highest BCUT2D eigenvalue weighted by Gasteiger charge is 2.37. The van der Waals surface area contributed by atoms with E-state index in [0.29, 0.717) is 6.07 Å². The number of halogens is 5. The number of nitrogens with one attached hydrogen (secondary N) is 1. The van der Waals surface area contributed by atoms with Crippen LogP contribution in [0, 0.1) is 5.82 Å². The molecule has 110 valence electrons. The van der Waals surface area contributed by atoms with Gasteiger partial charge in [-0.1, -0.05) is 18.2 Å². The first kappa shape index (κ1) is 15.5. The summed E-state index contributed by atoms with van der Waals surface area (Å²) in [6, 6.07) is 9.69. The molecule has 0 saturated heterocycles. The summed E-state index contributed by atoms with van der Waals surface area (Å²) in [7, 11) is 0. The third-order valence-electron chi connectivity index (χ3n) is 2.66. The van der Waals surface area contributed by atoms with Gasteiger partial charge in [0.15, 0.2) is 0 Å². The minimum atomic E-state index is -4.86. The summed E-state index contributed by atoms with van der Waals surface area (Å²) in [4.78, 5) is 11.9. The summed E-state index contributed by atoms with van der Waals surface area (Å²) in [6.45, 7) is 0. The number of benzene rings is 2. The van der Waals surface area contributed by atoms with Crippen LogP contribution in [0.4, 0.5) is 23.2 Å². The van der Waals surface area contributed by atoms with Gasteiger partial charge in [-0.25, -0.2) is 4.39 Å². The van der Waals surface area contributed by atoms with Crippen LogP contribution in [0.5, 0.6) is 0 Å². The Labute approximate surface area is 125 Å². The van der Waals surface area contributed by atoms with Crippen LogP contribution in [0.1, 0.15) is 15.9 Å². The van der Waals surface area contributed by atoms with E-state index in [-0.39, 0.29) is 11.3 Å². The molecule has 2 nitrogen and oxygen atoms in total. The maximum absolute atomic E-state index is 13.3. The molecule has 1 N–H and O–H groups in total. The fourth-order valence-electron chi connectivity index (χ4n) is 1.69. The van der Waals surface area contributed by atoms with E-state index >= 15 is 0 Å². The SMILES string of the molecule is O=C(Nc1ccc(F)c(C(F)(F)F)c1Br)c1ccccc1. The number of anilines is 1. The van der Waals surface area contributed by atoms with Crippen LogP contribution in [0.2, 0.25) is 0 Å². The van der Waals surface area contributed by atoms with Crippen LogP contribution in [0.15, 0.2) is 46.9 Å². The third kappa shape index (κ3) is 3.41. The molecule has 0 aromatic heterocycles. The molecule has 2 rings (SSSR count). The number of amides is 1. The van der Waals surface area contributed by atoms with Gasteiger partial charge in [0.2, 0.25) is 0 Å². The molecule has 0 saturated carbocycles. The predicted octanol–water partition coefficient (Wildman–Crippen LogP) is 4.86. The molecule has 0 aliphatic carbocycles. The minimum absolute atomic E-state index is 0.155. The van der Waals surface area contributed by atoms with Crippen LogP contribution >= 0.6 is 15.9 Å². The summed E-state index contributed by atoms with van der Waals surface area (Å²) in [6.07, 6.45) is -4.86. The Bertz CT molecular complexity index is 671. The van der Waals surface area contributed by atoms with Crippen molar-refractivity contribution in [2.45, 2.75) is 6.18 Å². The third-order valence-corrected chi connectivity index (χ3v) is 3.48. The summed E-state index contributed by atoms with van der Waals surface area (Å²) in [5.41, 5.74) is -1.33. The summed E-state index contributed by atoms with van der Waals surface area (Å²) in [5, 5.41) is 2.31. The topological polar surface area (TPSA) is 29.1 Å². The minimum Gasteiger partial charge on any atom is -0.321 e. The maximum Gasteiger partial charge on any atom is 0.420 e. The molecule has 0 atom stereocenters. The first-order valence-electron chi connectivity index (χ1n) is 5.72. The second-order valence-electron chi connectivity index (χ2n) is 4.10. The monoisotopic (exact) mass is 361 g/mol. The highest BCUT2D eigenvalue weighted by atomic mass is 79.9. The second kappa shape index (κ2) is 5.85. The average molecular weight is 362 g/mol. The van der Waals surface area contributed by atoms with E-state index < -0.39 is 27.9 Å². The van der Waals surface area contributed by atoms with Crippen molar-refractivity contribution < 1.29 is 22.4 Å². The van der Waals surface area contributed by atoms with Gasteiger partial charge in [-0.3, -0.25) is 4.79 Å². The first-order chi connectivity index (χ1) is 9.80. The summed E-state index contributed by atoms with van der Waals surface area (Å²) in [5.74, 6) is -2.00. The van der Waals surface area contributed by atoms with Crippen molar-refractivity contribution >= 4 is 27.5 Å². The van der Waals surface area contributed by atoms with Crippen molar-refractivity contribution in [3.63, 3.8) is 0 Å². The molecule has 0 aliphatic heterocycles. The molecule has 2 aromatic carbocycles. The molecule has 0 bridgehead atoms. The van der Waals surface area contributed by atoms with Gasteiger partial charge in [-0.2, -0.15) is 13.2 Å². The molecule has 0 radical (unpaired) electrons.